The maximum atomic E-state index is 10.7. The van der Waals surface area contributed by atoms with Crippen molar-refractivity contribution in [1.82, 2.24) is 0 Å². The summed E-state index contributed by atoms with van der Waals surface area (Å²) in [5, 5.41) is 0. The molecule has 2 heteroatoms. The summed E-state index contributed by atoms with van der Waals surface area (Å²) >= 11 is 0. The summed E-state index contributed by atoms with van der Waals surface area (Å²) in [5.41, 5.74) is 5.62. The Labute approximate surface area is 149 Å². The second-order valence-electron chi connectivity index (χ2n) is 6.85. The molecule has 0 saturated carbocycles. The van der Waals surface area contributed by atoms with Crippen LogP contribution in [-0.2, 0) is 9.53 Å². The molecule has 0 amide bonds. The van der Waals surface area contributed by atoms with Crippen LogP contribution < -0.4 is 0 Å². The van der Waals surface area contributed by atoms with Crippen molar-refractivity contribution in [1.29, 1.82) is 0 Å². The lowest BCUT2D eigenvalue weighted by molar-refractivity contribution is -0.139. The van der Waals surface area contributed by atoms with Gasteiger partial charge in [0.05, 0.1) is 0 Å². The average molecular weight is 333 g/mol. The summed E-state index contributed by atoms with van der Waals surface area (Å²) in [6, 6.07) is 0. The second-order valence-corrected chi connectivity index (χ2v) is 6.85. The summed E-state index contributed by atoms with van der Waals surface area (Å²) in [5.74, 6) is -0.223. The van der Waals surface area contributed by atoms with Crippen LogP contribution >= 0.6 is 0 Å². The van der Waals surface area contributed by atoms with E-state index < -0.39 is 0 Å². The monoisotopic (exact) mass is 332 g/mol. The molecule has 0 rings (SSSR count). The molecule has 0 aromatic heterocycles. The topological polar surface area (TPSA) is 26.3 Å². The van der Waals surface area contributed by atoms with Gasteiger partial charge >= 0.3 is 5.97 Å². The Morgan fingerprint density at radius 1 is 0.667 bits per heavy atom. The molecule has 0 saturated heterocycles. The summed E-state index contributed by atoms with van der Waals surface area (Å²) in [6.07, 6.45) is 15.7. The number of hydrogen-bond donors (Lipinski definition) is 0. The summed E-state index contributed by atoms with van der Waals surface area (Å²) in [4.78, 5) is 10.7. The minimum absolute atomic E-state index is 0.223. The van der Waals surface area contributed by atoms with Crippen molar-refractivity contribution in [3.63, 3.8) is 0 Å². The van der Waals surface area contributed by atoms with Crippen molar-refractivity contribution >= 4 is 5.97 Å². The van der Waals surface area contributed by atoms with E-state index in [2.05, 4.69) is 52.8 Å². The normalized spacial score (nSPS) is 13.0. The molecule has 2 nitrogen and oxygen atoms in total. The van der Waals surface area contributed by atoms with Crippen LogP contribution in [0.2, 0.25) is 0 Å². The summed E-state index contributed by atoms with van der Waals surface area (Å²) in [6.45, 7) is 12.7. The first-order chi connectivity index (χ1) is 11.3. The molecule has 0 fully saturated rings. The van der Waals surface area contributed by atoms with Crippen LogP contribution in [0.15, 0.2) is 46.6 Å². The van der Waals surface area contributed by atoms with Crippen molar-refractivity contribution < 1.29 is 9.53 Å². The Balaban J connectivity index is 3.98. The Morgan fingerprint density at radius 3 is 1.50 bits per heavy atom. The highest BCUT2D eigenvalue weighted by atomic mass is 16.5. The fourth-order valence-corrected chi connectivity index (χ4v) is 2.29. The SMILES string of the molecule is CC(=O)OC/C=C(\C)CC/C=C(/C)CC/C=C(\C)CCC=C(C)C. The van der Waals surface area contributed by atoms with Crippen LogP contribution in [0.4, 0.5) is 0 Å². The number of carbonyl (C=O) groups excluding carboxylic acids is 1. The smallest absolute Gasteiger partial charge is 0.302 e. The molecule has 24 heavy (non-hydrogen) atoms. The first kappa shape index (κ1) is 22.4. The molecule has 0 aliphatic carbocycles. The first-order valence-corrected chi connectivity index (χ1v) is 9.05. The molecule has 0 aliphatic rings. The van der Waals surface area contributed by atoms with E-state index in [-0.39, 0.29) is 5.97 Å². The van der Waals surface area contributed by atoms with Crippen molar-refractivity contribution in [2.45, 2.75) is 80.1 Å². The molecule has 0 unspecified atom stereocenters. The van der Waals surface area contributed by atoms with Gasteiger partial charge in [-0.15, -0.1) is 0 Å². The van der Waals surface area contributed by atoms with Crippen LogP contribution in [0, 0.1) is 0 Å². The number of hydrogen-bond acceptors (Lipinski definition) is 2. The van der Waals surface area contributed by atoms with Crippen molar-refractivity contribution in [3.05, 3.63) is 46.6 Å². The number of carbonyl (C=O) groups is 1. The molecular weight excluding hydrogens is 296 g/mol. The van der Waals surface area contributed by atoms with E-state index in [9.17, 15) is 4.79 Å². The van der Waals surface area contributed by atoms with Crippen LogP contribution in [0.25, 0.3) is 0 Å². The third-order valence-electron chi connectivity index (χ3n) is 3.87. The molecule has 0 aromatic rings. The van der Waals surface area contributed by atoms with Gasteiger partial charge in [0, 0.05) is 6.92 Å². The quantitative estimate of drug-likeness (QED) is 0.311. The summed E-state index contributed by atoms with van der Waals surface area (Å²) < 4.78 is 4.92. The van der Waals surface area contributed by atoms with Crippen LogP contribution in [0.3, 0.4) is 0 Å². The van der Waals surface area contributed by atoms with Crippen LogP contribution in [0.5, 0.6) is 0 Å². The van der Waals surface area contributed by atoms with Crippen molar-refractivity contribution in [2.75, 3.05) is 6.61 Å². The molecule has 0 spiro atoms. The van der Waals surface area contributed by atoms with Crippen molar-refractivity contribution in [2.24, 2.45) is 0 Å². The highest BCUT2D eigenvalue weighted by Gasteiger charge is 1.94. The predicted octanol–water partition coefficient (Wildman–Crippen LogP) is 6.70. The zero-order chi connectivity index (χ0) is 18.4. The second kappa shape index (κ2) is 13.8. The van der Waals surface area contributed by atoms with E-state index in [4.69, 9.17) is 4.74 Å². The van der Waals surface area contributed by atoms with Gasteiger partial charge in [0.25, 0.3) is 0 Å². The van der Waals surface area contributed by atoms with E-state index in [1.165, 1.54) is 35.6 Å². The molecule has 0 aliphatic heterocycles. The first-order valence-electron chi connectivity index (χ1n) is 9.05. The Kier molecular flexibility index (Phi) is 12.9. The van der Waals surface area contributed by atoms with Crippen LogP contribution in [0.1, 0.15) is 80.1 Å². The summed E-state index contributed by atoms with van der Waals surface area (Å²) in [7, 11) is 0. The van der Waals surface area contributed by atoms with E-state index in [0.29, 0.717) is 6.61 Å². The van der Waals surface area contributed by atoms with Gasteiger partial charge in [0.15, 0.2) is 0 Å². The minimum atomic E-state index is -0.223. The maximum absolute atomic E-state index is 10.7. The number of allylic oxidation sites excluding steroid dienone is 7. The lowest BCUT2D eigenvalue weighted by Gasteiger charge is -2.03. The number of ether oxygens (including phenoxy) is 1. The van der Waals surface area contributed by atoms with Gasteiger partial charge in [-0.25, -0.2) is 0 Å². The fraction of sp³-hybridized carbons (Fsp3) is 0.591. The highest BCUT2D eigenvalue weighted by molar-refractivity contribution is 5.66. The third-order valence-corrected chi connectivity index (χ3v) is 3.87. The molecule has 0 heterocycles. The number of esters is 1. The number of rotatable bonds is 11. The average Bonchev–Trinajstić information content (AvgIpc) is 2.46. The van der Waals surface area contributed by atoms with Gasteiger partial charge < -0.3 is 4.74 Å². The lowest BCUT2D eigenvalue weighted by atomic mass is 10.0. The molecule has 0 bridgehead atoms. The Bertz CT molecular complexity index is 486. The van der Waals surface area contributed by atoms with E-state index in [0.717, 1.165) is 32.1 Å². The largest absolute Gasteiger partial charge is 0.462 e. The zero-order valence-electron chi connectivity index (χ0n) is 16.6. The van der Waals surface area contributed by atoms with Gasteiger partial charge in [0.1, 0.15) is 6.61 Å². The molecule has 0 atom stereocenters. The van der Waals surface area contributed by atoms with E-state index in [1.54, 1.807) is 0 Å². The van der Waals surface area contributed by atoms with Gasteiger partial charge in [0.2, 0.25) is 0 Å². The predicted molar refractivity (Wildman–Crippen MR) is 105 cm³/mol. The Hall–Kier alpha value is -1.57. The van der Waals surface area contributed by atoms with Gasteiger partial charge in [-0.05, 0) is 79.2 Å². The highest BCUT2D eigenvalue weighted by Crippen LogP contribution is 2.13. The zero-order valence-corrected chi connectivity index (χ0v) is 16.6. The standard InChI is InChI=1S/C22H36O2/c1-18(2)10-7-11-19(3)12-8-13-20(4)14-9-15-21(5)16-17-24-22(6)23/h10,12,14,16H,7-9,11,13,15,17H2,1-6H3/b19-12+,20-14-,21-16+. The molecule has 0 radical (unpaired) electrons. The molecule has 0 aromatic carbocycles. The third kappa shape index (κ3) is 15.3. The minimum Gasteiger partial charge on any atom is -0.462 e. The van der Waals surface area contributed by atoms with E-state index >= 15 is 0 Å². The molecule has 0 N–H and O–H groups in total. The van der Waals surface area contributed by atoms with E-state index in [1.807, 2.05) is 6.08 Å². The molecule has 136 valence electrons. The lowest BCUT2D eigenvalue weighted by Crippen LogP contribution is -1.98. The van der Waals surface area contributed by atoms with Gasteiger partial charge in [-0.3, -0.25) is 4.79 Å². The van der Waals surface area contributed by atoms with Gasteiger partial charge in [-0.2, -0.15) is 0 Å². The fourth-order valence-electron chi connectivity index (χ4n) is 2.29. The maximum Gasteiger partial charge on any atom is 0.302 e. The van der Waals surface area contributed by atoms with Gasteiger partial charge in [-0.1, -0.05) is 40.5 Å². The van der Waals surface area contributed by atoms with Crippen molar-refractivity contribution in [3.8, 4) is 0 Å². The Morgan fingerprint density at radius 2 is 1.08 bits per heavy atom. The van der Waals surface area contributed by atoms with Crippen LogP contribution in [-0.4, -0.2) is 12.6 Å². The molecular formula is C22H36O2.